The SMILES string of the molecule is CCCC([O-])N(C)C.[Li+]. The molecule has 0 rings (SSSR count). The molecule has 9 heavy (non-hydrogen) atoms. The van der Waals surface area contributed by atoms with Crippen molar-refractivity contribution in [2.24, 2.45) is 0 Å². The topological polar surface area (TPSA) is 26.3 Å². The van der Waals surface area contributed by atoms with E-state index in [1.807, 2.05) is 21.0 Å². The second kappa shape index (κ2) is 6.63. The van der Waals surface area contributed by atoms with E-state index < -0.39 is 6.23 Å². The van der Waals surface area contributed by atoms with Crippen LogP contribution in [0.1, 0.15) is 19.8 Å². The Hall–Kier alpha value is 0.517. The molecule has 0 aromatic heterocycles. The van der Waals surface area contributed by atoms with Crippen molar-refractivity contribution in [2.45, 2.75) is 26.0 Å². The zero-order valence-corrected chi connectivity index (χ0v) is 6.85. The maximum Gasteiger partial charge on any atom is 1.00 e. The Bertz CT molecular complexity index is 59.0. The van der Waals surface area contributed by atoms with E-state index in [9.17, 15) is 5.11 Å². The fraction of sp³-hybridized carbons (Fsp3) is 1.00. The number of hydrogen-bond donors (Lipinski definition) is 0. The van der Waals surface area contributed by atoms with Gasteiger partial charge in [0.2, 0.25) is 0 Å². The molecule has 0 spiro atoms. The third kappa shape index (κ3) is 6.40. The van der Waals surface area contributed by atoms with Crippen molar-refractivity contribution in [3.63, 3.8) is 0 Å². The van der Waals surface area contributed by atoms with Gasteiger partial charge in [-0.1, -0.05) is 26.0 Å². The summed E-state index contributed by atoms with van der Waals surface area (Å²) in [5.41, 5.74) is 0. The van der Waals surface area contributed by atoms with Gasteiger partial charge in [-0.05, 0) is 14.1 Å². The van der Waals surface area contributed by atoms with Crippen LogP contribution in [0.2, 0.25) is 0 Å². The van der Waals surface area contributed by atoms with E-state index in [1.54, 1.807) is 4.90 Å². The molecule has 0 radical (unpaired) electrons. The van der Waals surface area contributed by atoms with Gasteiger partial charge in [-0.15, -0.1) is 0 Å². The van der Waals surface area contributed by atoms with Crippen LogP contribution in [0.3, 0.4) is 0 Å². The predicted octanol–water partition coefficient (Wildman–Crippen LogP) is -2.96. The summed E-state index contributed by atoms with van der Waals surface area (Å²) in [4.78, 5) is 1.70. The van der Waals surface area contributed by atoms with Gasteiger partial charge in [0.1, 0.15) is 0 Å². The van der Waals surface area contributed by atoms with Gasteiger partial charge < -0.3 is 10.0 Å². The summed E-state index contributed by atoms with van der Waals surface area (Å²) in [5.74, 6) is 0. The Morgan fingerprint density at radius 2 is 1.89 bits per heavy atom. The van der Waals surface area contributed by atoms with E-state index in [4.69, 9.17) is 0 Å². The van der Waals surface area contributed by atoms with Crippen LogP contribution in [0.5, 0.6) is 0 Å². The van der Waals surface area contributed by atoms with Gasteiger partial charge in [0.15, 0.2) is 0 Å². The molecular weight excluding hydrogens is 109 g/mol. The molecule has 0 saturated heterocycles. The van der Waals surface area contributed by atoms with Gasteiger partial charge in [-0.2, -0.15) is 0 Å². The van der Waals surface area contributed by atoms with Crippen molar-refractivity contribution < 1.29 is 24.0 Å². The van der Waals surface area contributed by atoms with Crippen LogP contribution >= 0.6 is 0 Å². The minimum absolute atomic E-state index is 0. The molecule has 0 aromatic carbocycles. The van der Waals surface area contributed by atoms with E-state index in [-0.39, 0.29) is 18.9 Å². The Balaban J connectivity index is 0. The van der Waals surface area contributed by atoms with Gasteiger partial charge in [0, 0.05) is 0 Å². The van der Waals surface area contributed by atoms with E-state index in [0.29, 0.717) is 0 Å². The summed E-state index contributed by atoms with van der Waals surface area (Å²) in [5, 5.41) is 10.8. The fourth-order valence-electron chi connectivity index (χ4n) is 0.505. The summed E-state index contributed by atoms with van der Waals surface area (Å²) in [6.07, 6.45) is 1.24. The summed E-state index contributed by atoms with van der Waals surface area (Å²) >= 11 is 0. The molecule has 0 aromatic rings. The standard InChI is InChI=1S/C6H14NO.Li/c1-4-5-6(8)7(2)3;/h6H,4-5H2,1-3H3;/q-1;+1. The Morgan fingerprint density at radius 1 is 1.44 bits per heavy atom. The predicted molar refractivity (Wildman–Crippen MR) is 32.4 cm³/mol. The third-order valence-electron chi connectivity index (χ3n) is 1.11. The molecule has 0 heterocycles. The number of hydrogen-bond acceptors (Lipinski definition) is 2. The summed E-state index contributed by atoms with van der Waals surface area (Å²) < 4.78 is 0. The van der Waals surface area contributed by atoms with Crippen LogP contribution in [0.25, 0.3) is 0 Å². The molecule has 0 bridgehead atoms. The Kier molecular flexibility index (Phi) is 9.01. The van der Waals surface area contributed by atoms with Gasteiger partial charge in [-0.3, -0.25) is 0 Å². The van der Waals surface area contributed by atoms with Gasteiger partial charge in [-0.25, -0.2) is 0 Å². The molecule has 0 saturated carbocycles. The van der Waals surface area contributed by atoms with Gasteiger partial charge in [0.25, 0.3) is 0 Å². The molecule has 0 amide bonds. The van der Waals surface area contributed by atoms with Crippen LogP contribution in [0.4, 0.5) is 0 Å². The maximum atomic E-state index is 10.8. The average Bonchev–Trinajstić information content (AvgIpc) is 1.67. The molecule has 0 N–H and O–H groups in total. The molecule has 50 valence electrons. The van der Waals surface area contributed by atoms with Crippen LogP contribution in [0.15, 0.2) is 0 Å². The van der Waals surface area contributed by atoms with Crippen LogP contribution in [0, 0.1) is 0 Å². The van der Waals surface area contributed by atoms with Crippen molar-refractivity contribution in [3.05, 3.63) is 0 Å². The van der Waals surface area contributed by atoms with Crippen LogP contribution in [-0.2, 0) is 0 Å². The zero-order chi connectivity index (χ0) is 6.57. The van der Waals surface area contributed by atoms with Gasteiger partial charge >= 0.3 is 18.9 Å². The number of rotatable bonds is 3. The molecule has 0 fully saturated rings. The molecule has 0 aliphatic carbocycles. The second-order valence-electron chi connectivity index (χ2n) is 2.21. The zero-order valence-electron chi connectivity index (χ0n) is 6.85. The third-order valence-corrected chi connectivity index (χ3v) is 1.11. The Morgan fingerprint density at radius 3 is 2.00 bits per heavy atom. The molecule has 1 atom stereocenters. The quantitative estimate of drug-likeness (QED) is 0.296. The number of nitrogens with zero attached hydrogens (tertiary/aromatic N) is 1. The average molecular weight is 123 g/mol. The largest absolute Gasteiger partial charge is 1.00 e. The summed E-state index contributed by atoms with van der Waals surface area (Å²) in [6.45, 7) is 2.02. The molecule has 0 aliphatic rings. The first kappa shape index (κ1) is 12.2. The van der Waals surface area contributed by atoms with E-state index in [2.05, 4.69) is 0 Å². The van der Waals surface area contributed by atoms with Crippen molar-refractivity contribution in [2.75, 3.05) is 14.1 Å². The van der Waals surface area contributed by atoms with Crippen molar-refractivity contribution in [1.29, 1.82) is 0 Å². The van der Waals surface area contributed by atoms with Crippen molar-refractivity contribution >= 4 is 0 Å². The van der Waals surface area contributed by atoms with E-state index in [1.165, 1.54) is 0 Å². The first-order chi connectivity index (χ1) is 3.68. The smallest absolute Gasteiger partial charge is 0.841 e. The maximum absolute atomic E-state index is 10.8. The minimum Gasteiger partial charge on any atom is -0.841 e. The molecule has 0 aliphatic heterocycles. The summed E-state index contributed by atoms with van der Waals surface area (Å²) in [6, 6.07) is 0. The van der Waals surface area contributed by atoms with Crippen LogP contribution < -0.4 is 24.0 Å². The molecule has 3 heteroatoms. The van der Waals surface area contributed by atoms with Crippen molar-refractivity contribution in [3.8, 4) is 0 Å². The monoisotopic (exact) mass is 123 g/mol. The molecule has 1 unspecified atom stereocenters. The second-order valence-corrected chi connectivity index (χ2v) is 2.21. The fourth-order valence-corrected chi connectivity index (χ4v) is 0.505. The van der Waals surface area contributed by atoms with E-state index in [0.717, 1.165) is 12.8 Å². The van der Waals surface area contributed by atoms with Gasteiger partial charge in [0.05, 0.1) is 0 Å². The Labute approximate surface area is 69.4 Å². The molecule has 2 nitrogen and oxygen atoms in total. The first-order valence-electron chi connectivity index (χ1n) is 3.00. The summed E-state index contributed by atoms with van der Waals surface area (Å²) in [7, 11) is 3.63. The van der Waals surface area contributed by atoms with Crippen molar-refractivity contribution in [1.82, 2.24) is 4.90 Å². The first-order valence-corrected chi connectivity index (χ1v) is 3.00. The molecular formula is C6H14LiNO. The van der Waals surface area contributed by atoms with E-state index >= 15 is 0 Å². The van der Waals surface area contributed by atoms with Crippen LogP contribution in [-0.4, -0.2) is 25.2 Å². The normalized spacial score (nSPS) is 13.0. The minimum atomic E-state index is -0.500.